The van der Waals surface area contributed by atoms with Gasteiger partial charge in [-0.3, -0.25) is 4.90 Å². The maximum Gasteiger partial charge on any atom is 0.315 e. The van der Waals surface area contributed by atoms with Gasteiger partial charge in [-0.05, 0) is 43.6 Å². The van der Waals surface area contributed by atoms with Gasteiger partial charge in [0.15, 0.2) is 5.82 Å². The van der Waals surface area contributed by atoms with E-state index in [9.17, 15) is 4.79 Å². The highest BCUT2D eigenvalue weighted by molar-refractivity contribution is 5.74. The lowest BCUT2D eigenvalue weighted by molar-refractivity contribution is 0.220. The molecule has 1 aromatic carbocycles. The topological polar surface area (TPSA) is 75.1 Å². The zero-order valence-electron chi connectivity index (χ0n) is 16.4. The molecule has 2 amide bonds. The van der Waals surface area contributed by atoms with E-state index < -0.39 is 0 Å². The first-order chi connectivity index (χ1) is 14.3. The molecule has 29 heavy (non-hydrogen) atoms. The number of urea groups is 1. The van der Waals surface area contributed by atoms with E-state index in [0.29, 0.717) is 13.1 Å². The first kappa shape index (κ1) is 19.1. The Morgan fingerprint density at radius 1 is 1.00 bits per heavy atom. The number of benzene rings is 1. The van der Waals surface area contributed by atoms with Gasteiger partial charge in [0.05, 0.1) is 6.04 Å². The number of hydrogen-bond acceptors (Lipinski definition) is 4. The summed E-state index contributed by atoms with van der Waals surface area (Å²) in [6.45, 7) is 3.11. The van der Waals surface area contributed by atoms with Crippen LogP contribution in [0.2, 0.25) is 0 Å². The van der Waals surface area contributed by atoms with Crippen molar-refractivity contribution in [3.05, 3.63) is 78.2 Å². The van der Waals surface area contributed by atoms with Crippen molar-refractivity contribution in [3.63, 3.8) is 0 Å². The van der Waals surface area contributed by atoms with Gasteiger partial charge in [-0.2, -0.15) is 5.10 Å². The van der Waals surface area contributed by atoms with E-state index in [-0.39, 0.29) is 12.1 Å². The maximum atomic E-state index is 12.5. The fourth-order valence-corrected chi connectivity index (χ4v) is 3.78. The quantitative estimate of drug-likeness (QED) is 0.650. The normalized spacial score (nSPS) is 15.2. The van der Waals surface area contributed by atoms with E-state index in [1.807, 2.05) is 30.5 Å². The number of aromatic nitrogens is 3. The Hall–Kier alpha value is -3.19. The first-order valence-electron chi connectivity index (χ1n) is 10.1. The summed E-state index contributed by atoms with van der Waals surface area (Å²) in [6.07, 6.45) is 7.70. The summed E-state index contributed by atoms with van der Waals surface area (Å²) in [4.78, 5) is 19.3. The SMILES string of the molecule is O=C(NCc1cccnc1-n1cccn1)NCC(c1ccccc1)N1CCCC1. The van der Waals surface area contributed by atoms with Gasteiger partial charge in [0.2, 0.25) is 0 Å². The average molecular weight is 390 g/mol. The van der Waals surface area contributed by atoms with Crippen LogP contribution in [-0.2, 0) is 6.54 Å². The highest BCUT2D eigenvalue weighted by Gasteiger charge is 2.23. The van der Waals surface area contributed by atoms with Crippen LogP contribution in [0.1, 0.15) is 30.0 Å². The van der Waals surface area contributed by atoms with Gasteiger partial charge in [-0.25, -0.2) is 14.5 Å². The lowest BCUT2D eigenvalue weighted by Gasteiger charge is -2.28. The molecule has 4 rings (SSSR count). The second-order valence-electron chi connectivity index (χ2n) is 7.17. The Labute approximate surface area is 170 Å². The Morgan fingerprint density at radius 3 is 2.59 bits per heavy atom. The van der Waals surface area contributed by atoms with Crippen LogP contribution >= 0.6 is 0 Å². The van der Waals surface area contributed by atoms with E-state index in [0.717, 1.165) is 24.5 Å². The van der Waals surface area contributed by atoms with Crippen molar-refractivity contribution in [1.29, 1.82) is 0 Å². The molecule has 0 saturated carbocycles. The number of carbonyl (C=O) groups is 1. The molecule has 7 heteroatoms. The summed E-state index contributed by atoms with van der Waals surface area (Å²) in [5, 5.41) is 10.2. The third-order valence-corrected chi connectivity index (χ3v) is 5.25. The second-order valence-corrected chi connectivity index (χ2v) is 7.17. The molecular formula is C22H26N6O. The van der Waals surface area contributed by atoms with Gasteiger partial charge < -0.3 is 10.6 Å². The molecule has 7 nitrogen and oxygen atoms in total. The number of hydrogen-bond donors (Lipinski definition) is 2. The number of nitrogens with zero attached hydrogens (tertiary/aromatic N) is 4. The highest BCUT2D eigenvalue weighted by atomic mass is 16.2. The molecule has 1 saturated heterocycles. The van der Waals surface area contributed by atoms with Crippen LogP contribution in [0.5, 0.6) is 0 Å². The third-order valence-electron chi connectivity index (χ3n) is 5.25. The summed E-state index contributed by atoms with van der Waals surface area (Å²) >= 11 is 0. The maximum absolute atomic E-state index is 12.5. The molecule has 2 N–H and O–H groups in total. The second kappa shape index (κ2) is 9.34. The summed E-state index contributed by atoms with van der Waals surface area (Å²) in [6, 6.07) is 16.1. The lowest BCUT2D eigenvalue weighted by atomic mass is 10.1. The van der Waals surface area contributed by atoms with Crippen molar-refractivity contribution >= 4 is 6.03 Å². The van der Waals surface area contributed by atoms with Gasteiger partial charge >= 0.3 is 6.03 Å². The Morgan fingerprint density at radius 2 is 1.83 bits per heavy atom. The molecule has 0 spiro atoms. The summed E-state index contributed by atoms with van der Waals surface area (Å²) in [5.41, 5.74) is 2.15. The monoisotopic (exact) mass is 390 g/mol. The zero-order valence-corrected chi connectivity index (χ0v) is 16.4. The van der Waals surface area contributed by atoms with Crippen LogP contribution in [-0.4, -0.2) is 45.3 Å². The van der Waals surface area contributed by atoms with Crippen molar-refractivity contribution in [2.45, 2.75) is 25.4 Å². The molecule has 2 aromatic heterocycles. The van der Waals surface area contributed by atoms with Gasteiger partial charge in [0, 0.05) is 37.2 Å². The van der Waals surface area contributed by atoms with E-state index >= 15 is 0 Å². The number of nitrogens with one attached hydrogen (secondary N) is 2. The van der Waals surface area contributed by atoms with Crippen LogP contribution in [0, 0.1) is 0 Å². The van der Waals surface area contributed by atoms with Crippen LogP contribution in [0.4, 0.5) is 4.79 Å². The molecular weight excluding hydrogens is 364 g/mol. The van der Waals surface area contributed by atoms with Crippen molar-refractivity contribution in [2.24, 2.45) is 0 Å². The van der Waals surface area contributed by atoms with Crippen molar-refractivity contribution in [2.75, 3.05) is 19.6 Å². The minimum absolute atomic E-state index is 0.180. The van der Waals surface area contributed by atoms with Gasteiger partial charge in [0.25, 0.3) is 0 Å². The predicted molar refractivity (Wildman–Crippen MR) is 112 cm³/mol. The van der Waals surface area contributed by atoms with Gasteiger partial charge in [-0.15, -0.1) is 0 Å². The van der Waals surface area contributed by atoms with E-state index in [2.05, 4.69) is 49.9 Å². The zero-order chi connectivity index (χ0) is 19.9. The van der Waals surface area contributed by atoms with E-state index in [1.54, 1.807) is 17.1 Å². The molecule has 1 aliphatic rings. The van der Waals surface area contributed by atoms with E-state index in [1.165, 1.54) is 18.4 Å². The predicted octanol–water partition coefficient (Wildman–Crippen LogP) is 2.90. The van der Waals surface area contributed by atoms with Crippen molar-refractivity contribution in [3.8, 4) is 5.82 Å². The smallest absolute Gasteiger partial charge is 0.315 e. The highest BCUT2D eigenvalue weighted by Crippen LogP contribution is 2.24. The van der Waals surface area contributed by atoms with Crippen LogP contribution in [0.15, 0.2) is 67.1 Å². The summed E-state index contributed by atoms with van der Waals surface area (Å²) in [5.74, 6) is 0.719. The summed E-state index contributed by atoms with van der Waals surface area (Å²) < 4.78 is 1.70. The minimum atomic E-state index is -0.180. The Bertz CT molecular complexity index is 906. The fraction of sp³-hybridized carbons (Fsp3) is 0.318. The van der Waals surface area contributed by atoms with Crippen LogP contribution in [0.3, 0.4) is 0 Å². The number of carbonyl (C=O) groups excluding carboxylic acids is 1. The Balaban J connectivity index is 1.36. The number of amides is 2. The number of pyridine rings is 1. The van der Waals surface area contributed by atoms with Crippen molar-refractivity contribution in [1.82, 2.24) is 30.3 Å². The molecule has 1 atom stereocenters. The third kappa shape index (κ3) is 4.81. The molecule has 3 aromatic rings. The standard InChI is InChI=1S/C22H26N6O/c29-22(24-16-19-10-6-11-23-21(19)28-15-7-12-26-28)25-17-20(27-13-4-5-14-27)18-8-2-1-3-9-18/h1-3,6-12,15,20H,4-5,13-14,16-17H2,(H2,24,25,29). The van der Waals surface area contributed by atoms with E-state index in [4.69, 9.17) is 0 Å². The lowest BCUT2D eigenvalue weighted by Crippen LogP contribution is -2.41. The average Bonchev–Trinajstić information content (AvgIpc) is 3.48. The molecule has 0 bridgehead atoms. The summed E-state index contributed by atoms with van der Waals surface area (Å²) in [7, 11) is 0. The van der Waals surface area contributed by atoms with Gasteiger partial charge in [-0.1, -0.05) is 36.4 Å². The fourth-order valence-electron chi connectivity index (χ4n) is 3.78. The molecule has 1 unspecified atom stereocenters. The Kier molecular flexibility index (Phi) is 6.16. The minimum Gasteiger partial charge on any atom is -0.336 e. The number of likely N-dealkylation sites (tertiary alicyclic amines) is 1. The molecule has 1 aliphatic heterocycles. The largest absolute Gasteiger partial charge is 0.336 e. The number of rotatable bonds is 7. The molecule has 0 aliphatic carbocycles. The molecule has 1 fully saturated rings. The molecule has 0 radical (unpaired) electrons. The van der Waals surface area contributed by atoms with Crippen LogP contribution in [0.25, 0.3) is 5.82 Å². The first-order valence-corrected chi connectivity index (χ1v) is 10.1. The molecule has 150 valence electrons. The molecule has 3 heterocycles. The van der Waals surface area contributed by atoms with Crippen LogP contribution < -0.4 is 10.6 Å². The van der Waals surface area contributed by atoms with Gasteiger partial charge in [0.1, 0.15) is 0 Å². The van der Waals surface area contributed by atoms with Crippen molar-refractivity contribution < 1.29 is 4.79 Å².